The third-order valence-electron chi connectivity index (χ3n) is 3.48. The first kappa shape index (κ1) is 18.0. The first-order chi connectivity index (χ1) is 9.61. The topological polar surface area (TPSA) is 49.8 Å². The van der Waals surface area contributed by atoms with E-state index in [4.69, 9.17) is 4.74 Å². The quantitative estimate of drug-likeness (QED) is 0.363. The van der Waals surface area contributed by atoms with E-state index in [9.17, 15) is 0 Å². The van der Waals surface area contributed by atoms with Crippen molar-refractivity contribution >= 4 is 29.9 Å². The van der Waals surface area contributed by atoms with Gasteiger partial charge in [-0.1, -0.05) is 13.8 Å². The van der Waals surface area contributed by atoms with Gasteiger partial charge in [0.25, 0.3) is 0 Å². The maximum Gasteiger partial charge on any atom is 0.193 e. The first-order valence-electron chi connectivity index (χ1n) is 7.09. The molecule has 1 saturated heterocycles. The zero-order chi connectivity index (χ0) is 14.4. The summed E-state index contributed by atoms with van der Waals surface area (Å²) >= 11 is 0. The molecule has 0 saturated carbocycles. The molecule has 0 atom stereocenters. The maximum absolute atomic E-state index is 5.61. The fraction of sp³-hybridized carbons (Fsp3) is 0.600. The third kappa shape index (κ3) is 5.68. The predicted octanol–water partition coefficient (Wildman–Crippen LogP) is 2.39. The van der Waals surface area contributed by atoms with Gasteiger partial charge >= 0.3 is 0 Å². The molecule has 1 aromatic heterocycles. The molecule has 2 heterocycles. The lowest BCUT2D eigenvalue weighted by Crippen LogP contribution is -2.42. The number of hydrogen-bond acceptors (Lipinski definition) is 3. The fourth-order valence-electron chi connectivity index (χ4n) is 2.39. The van der Waals surface area contributed by atoms with Crippen LogP contribution in [0.2, 0.25) is 0 Å². The van der Waals surface area contributed by atoms with Crippen molar-refractivity contribution in [3.05, 3.63) is 24.5 Å². The highest BCUT2D eigenvalue weighted by Crippen LogP contribution is 2.28. The van der Waals surface area contributed by atoms with Crippen LogP contribution in [0.3, 0.4) is 0 Å². The van der Waals surface area contributed by atoms with Crippen LogP contribution in [0.25, 0.3) is 0 Å². The number of nitrogens with zero attached hydrogens (tertiary/aromatic N) is 3. The van der Waals surface area contributed by atoms with Gasteiger partial charge in [0.15, 0.2) is 5.96 Å². The van der Waals surface area contributed by atoms with Crippen molar-refractivity contribution in [3.8, 4) is 5.75 Å². The summed E-state index contributed by atoms with van der Waals surface area (Å²) in [6.45, 7) is 8.05. The average Bonchev–Trinajstić information content (AvgIpc) is 2.80. The molecule has 5 nitrogen and oxygen atoms in total. The Hall–Kier alpha value is -1.05. The van der Waals surface area contributed by atoms with Crippen LogP contribution in [0.1, 0.15) is 20.3 Å². The summed E-state index contributed by atoms with van der Waals surface area (Å²) in [6.07, 6.45) is 4.67. The minimum absolute atomic E-state index is 0. The van der Waals surface area contributed by atoms with Crippen LogP contribution in [0.5, 0.6) is 5.75 Å². The van der Waals surface area contributed by atoms with E-state index in [0.29, 0.717) is 12.0 Å². The Balaban J connectivity index is 0.00000220. The Labute approximate surface area is 144 Å². The number of halogens is 1. The van der Waals surface area contributed by atoms with Gasteiger partial charge in [-0.05, 0) is 24.0 Å². The van der Waals surface area contributed by atoms with Crippen molar-refractivity contribution in [2.45, 2.75) is 20.3 Å². The molecule has 118 valence electrons. The zero-order valence-electron chi connectivity index (χ0n) is 13.0. The highest BCUT2D eigenvalue weighted by Gasteiger charge is 2.30. The summed E-state index contributed by atoms with van der Waals surface area (Å²) in [5.41, 5.74) is 0.379. The second kappa shape index (κ2) is 8.41. The van der Waals surface area contributed by atoms with E-state index in [1.54, 1.807) is 12.4 Å². The molecule has 0 spiro atoms. The molecule has 6 heteroatoms. The molecule has 2 rings (SSSR count). The average molecular weight is 404 g/mol. The van der Waals surface area contributed by atoms with Gasteiger partial charge in [-0.25, -0.2) is 0 Å². The fourth-order valence-corrected chi connectivity index (χ4v) is 2.39. The molecule has 1 aliphatic heterocycles. The number of ether oxygens (including phenoxy) is 1. The van der Waals surface area contributed by atoms with Gasteiger partial charge in [0.2, 0.25) is 0 Å². The van der Waals surface area contributed by atoms with Gasteiger partial charge in [-0.3, -0.25) is 9.98 Å². The Morgan fingerprint density at radius 1 is 1.52 bits per heavy atom. The lowest BCUT2D eigenvalue weighted by molar-refractivity contribution is 0.316. The molecule has 0 radical (unpaired) electrons. The van der Waals surface area contributed by atoms with Gasteiger partial charge in [-0.15, -0.1) is 24.0 Å². The van der Waals surface area contributed by atoms with E-state index in [0.717, 1.165) is 31.3 Å². The van der Waals surface area contributed by atoms with E-state index >= 15 is 0 Å². The lowest BCUT2D eigenvalue weighted by atomic mass is 9.93. The number of aromatic nitrogens is 1. The van der Waals surface area contributed by atoms with Crippen LogP contribution in [0.4, 0.5) is 0 Å². The van der Waals surface area contributed by atoms with Crippen molar-refractivity contribution in [1.29, 1.82) is 0 Å². The number of guanidine groups is 1. The van der Waals surface area contributed by atoms with Gasteiger partial charge in [0, 0.05) is 26.3 Å². The highest BCUT2D eigenvalue weighted by molar-refractivity contribution is 14.0. The summed E-state index contributed by atoms with van der Waals surface area (Å²) in [4.78, 5) is 10.7. The second-order valence-corrected chi connectivity index (χ2v) is 5.85. The zero-order valence-corrected chi connectivity index (χ0v) is 15.3. The number of hydrogen-bond donors (Lipinski definition) is 1. The normalized spacial score (nSPS) is 17.3. The molecule has 0 bridgehead atoms. The van der Waals surface area contributed by atoms with E-state index < -0.39 is 0 Å². The summed E-state index contributed by atoms with van der Waals surface area (Å²) in [5.74, 6) is 1.76. The molecule has 1 aromatic rings. The number of pyridine rings is 1. The smallest absolute Gasteiger partial charge is 0.193 e. The van der Waals surface area contributed by atoms with Crippen LogP contribution < -0.4 is 10.1 Å². The molecule has 0 amide bonds. The van der Waals surface area contributed by atoms with Crippen molar-refractivity contribution in [2.24, 2.45) is 10.4 Å². The van der Waals surface area contributed by atoms with Crippen molar-refractivity contribution in [2.75, 3.05) is 33.3 Å². The first-order valence-corrected chi connectivity index (χ1v) is 7.09. The molecule has 21 heavy (non-hydrogen) atoms. The summed E-state index contributed by atoms with van der Waals surface area (Å²) < 4.78 is 5.61. The number of nitrogens with one attached hydrogen (secondary N) is 1. The lowest BCUT2D eigenvalue weighted by Gasteiger charge is -2.23. The van der Waals surface area contributed by atoms with Crippen molar-refractivity contribution in [3.63, 3.8) is 0 Å². The number of aliphatic imine (C=N–C) groups is 1. The molecule has 0 unspecified atom stereocenters. The Bertz CT molecular complexity index is 450. The SMILES string of the molecule is CN=C(NCCOc1cccnc1)N1CCC(C)(C)C1.I. The van der Waals surface area contributed by atoms with Crippen molar-refractivity contribution in [1.82, 2.24) is 15.2 Å². The monoisotopic (exact) mass is 404 g/mol. The Morgan fingerprint density at radius 3 is 2.90 bits per heavy atom. The standard InChI is InChI=1S/C15H24N4O.HI/c1-15(2)6-9-19(12-15)14(16-3)18-8-10-20-13-5-4-7-17-11-13;/h4-5,7,11H,6,8-10,12H2,1-3H3,(H,16,18);1H. The van der Waals surface area contributed by atoms with Crippen molar-refractivity contribution < 1.29 is 4.74 Å². The molecule has 1 fully saturated rings. The van der Waals surface area contributed by atoms with E-state index in [-0.39, 0.29) is 24.0 Å². The van der Waals surface area contributed by atoms with Gasteiger partial charge in [0.05, 0.1) is 12.7 Å². The predicted molar refractivity (Wildman–Crippen MR) is 96.5 cm³/mol. The van der Waals surface area contributed by atoms with Crippen LogP contribution in [-0.2, 0) is 0 Å². The molecule has 0 aromatic carbocycles. The highest BCUT2D eigenvalue weighted by atomic mass is 127. The van der Waals surface area contributed by atoms with E-state index in [2.05, 4.69) is 34.0 Å². The third-order valence-corrected chi connectivity index (χ3v) is 3.48. The van der Waals surface area contributed by atoms with Crippen LogP contribution >= 0.6 is 24.0 Å². The molecule has 1 aliphatic rings. The molecular weight excluding hydrogens is 379 g/mol. The van der Waals surface area contributed by atoms with Crippen LogP contribution in [0.15, 0.2) is 29.5 Å². The summed E-state index contributed by atoms with van der Waals surface area (Å²) in [6, 6.07) is 3.78. The molecule has 1 N–H and O–H groups in total. The minimum atomic E-state index is 0. The van der Waals surface area contributed by atoms with Crippen LogP contribution in [0, 0.1) is 5.41 Å². The summed E-state index contributed by atoms with van der Waals surface area (Å²) in [7, 11) is 1.83. The van der Waals surface area contributed by atoms with E-state index in [1.165, 1.54) is 6.42 Å². The van der Waals surface area contributed by atoms with Crippen LogP contribution in [-0.4, -0.2) is 49.1 Å². The summed E-state index contributed by atoms with van der Waals surface area (Å²) in [5, 5.41) is 3.35. The number of likely N-dealkylation sites (tertiary alicyclic amines) is 1. The largest absolute Gasteiger partial charge is 0.490 e. The molecule has 0 aliphatic carbocycles. The minimum Gasteiger partial charge on any atom is -0.490 e. The van der Waals surface area contributed by atoms with E-state index in [1.807, 2.05) is 19.2 Å². The Morgan fingerprint density at radius 2 is 2.33 bits per heavy atom. The molecular formula is C15H25IN4O. The van der Waals surface area contributed by atoms with Gasteiger partial charge in [-0.2, -0.15) is 0 Å². The second-order valence-electron chi connectivity index (χ2n) is 5.85. The number of rotatable bonds is 4. The maximum atomic E-state index is 5.61. The van der Waals surface area contributed by atoms with Gasteiger partial charge in [0.1, 0.15) is 12.4 Å². The Kier molecular flexibility index (Phi) is 7.21. The van der Waals surface area contributed by atoms with Gasteiger partial charge < -0.3 is 15.0 Å².